The number of thioether (sulfide) groups is 1. The molecule has 1 rings (SSSR count). The van der Waals surface area contributed by atoms with Gasteiger partial charge in [-0.25, -0.2) is 0 Å². The smallest absolute Gasteiger partial charge is 0.309 e. The highest BCUT2D eigenvalue weighted by Crippen LogP contribution is 2.19. The molecule has 1 N–H and O–H groups in total. The van der Waals surface area contributed by atoms with Crippen LogP contribution in [0.25, 0.3) is 0 Å². The molecular formula is C7H12O5S2. The Morgan fingerprint density at radius 1 is 1.57 bits per heavy atom. The first-order valence-corrected chi connectivity index (χ1v) is 6.95. The first-order chi connectivity index (χ1) is 6.49. The molecule has 0 aliphatic carbocycles. The van der Waals surface area contributed by atoms with E-state index < -0.39 is 10.1 Å². The van der Waals surface area contributed by atoms with Crippen molar-refractivity contribution in [2.45, 2.75) is 6.42 Å². The van der Waals surface area contributed by atoms with Crippen LogP contribution in [0, 0.1) is 5.92 Å². The Kier molecular flexibility index (Phi) is 4.21. The van der Waals surface area contributed by atoms with Crippen LogP contribution in [-0.2, 0) is 19.6 Å². The molecule has 1 unspecified atom stereocenters. The molecule has 14 heavy (non-hydrogen) atoms. The Hall–Kier alpha value is -0.270. The molecule has 82 valence electrons. The zero-order chi connectivity index (χ0) is 10.6. The molecule has 0 aromatic rings. The molecule has 1 aliphatic heterocycles. The van der Waals surface area contributed by atoms with Gasteiger partial charge in [0, 0.05) is 11.5 Å². The van der Waals surface area contributed by atoms with Crippen LogP contribution in [-0.4, -0.2) is 42.8 Å². The van der Waals surface area contributed by atoms with E-state index in [2.05, 4.69) is 0 Å². The van der Waals surface area contributed by atoms with Crippen LogP contribution in [0.1, 0.15) is 6.42 Å². The van der Waals surface area contributed by atoms with E-state index in [0.717, 1.165) is 0 Å². The highest BCUT2D eigenvalue weighted by molar-refractivity contribution is 8.00. The van der Waals surface area contributed by atoms with Crippen molar-refractivity contribution in [3.63, 3.8) is 0 Å². The maximum Gasteiger partial charge on any atom is 0.309 e. The van der Waals surface area contributed by atoms with E-state index in [1.165, 1.54) is 11.8 Å². The molecule has 0 spiro atoms. The SMILES string of the molecule is O=C1OCCC1CSCCS(=O)(=O)O. The van der Waals surface area contributed by atoms with Crippen molar-refractivity contribution < 1.29 is 22.5 Å². The third-order valence-corrected chi connectivity index (χ3v) is 3.96. The second-order valence-corrected chi connectivity index (χ2v) is 5.74. The first kappa shape index (κ1) is 11.8. The highest BCUT2D eigenvalue weighted by Gasteiger charge is 2.26. The fraction of sp³-hybridized carbons (Fsp3) is 0.857. The summed E-state index contributed by atoms with van der Waals surface area (Å²) in [5.41, 5.74) is 0. The molecule has 0 radical (unpaired) electrons. The van der Waals surface area contributed by atoms with Crippen LogP contribution in [0.3, 0.4) is 0 Å². The zero-order valence-corrected chi connectivity index (χ0v) is 9.14. The van der Waals surface area contributed by atoms with Gasteiger partial charge in [0.05, 0.1) is 18.3 Å². The lowest BCUT2D eigenvalue weighted by Gasteiger charge is -2.03. The average Bonchev–Trinajstić information content (AvgIpc) is 2.44. The number of carbonyl (C=O) groups excluding carboxylic acids is 1. The zero-order valence-electron chi connectivity index (χ0n) is 7.51. The maximum atomic E-state index is 11.0. The summed E-state index contributed by atoms with van der Waals surface area (Å²) in [4.78, 5) is 11.0. The number of cyclic esters (lactones) is 1. The monoisotopic (exact) mass is 240 g/mol. The minimum absolute atomic E-state index is 0.110. The topological polar surface area (TPSA) is 80.7 Å². The minimum atomic E-state index is -3.87. The lowest BCUT2D eigenvalue weighted by atomic mass is 10.1. The Bertz CT molecular complexity index is 297. The molecule has 1 aliphatic rings. The fourth-order valence-corrected chi connectivity index (χ4v) is 3.15. The molecule has 1 fully saturated rings. The van der Waals surface area contributed by atoms with Crippen LogP contribution >= 0.6 is 11.8 Å². The number of carbonyl (C=O) groups is 1. The summed E-state index contributed by atoms with van der Waals surface area (Å²) < 4.78 is 33.9. The second-order valence-electron chi connectivity index (χ2n) is 3.01. The molecule has 1 saturated heterocycles. The Balaban J connectivity index is 2.13. The van der Waals surface area contributed by atoms with Crippen LogP contribution in [0.15, 0.2) is 0 Å². The number of hydrogen-bond donors (Lipinski definition) is 1. The summed E-state index contributed by atoms with van der Waals surface area (Å²) >= 11 is 1.34. The molecular weight excluding hydrogens is 228 g/mol. The van der Waals surface area contributed by atoms with Crippen LogP contribution in [0.2, 0.25) is 0 Å². The summed E-state index contributed by atoms with van der Waals surface area (Å²) in [6, 6.07) is 0. The van der Waals surface area contributed by atoms with Crippen molar-refractivity contribution in [1.29, 1.82) is 0 Å². The van der Waals surface area contributed by atoms with Gasteiger partial charge >= 0.3 is 5.97 Å². The minimum Gasteiger partial charge on any atom is -0.465 e. The molecule has 0 aromatic carbocycles. The van der Waals surface area contributed by atoms with Crippen LogP contribution < -0.4 is 0 Å². The van der Waals surface area contributed by atoms with Gasteiger partial charge in [0.15, 0.2) is 0 Å². The summed E-state index contributed by atoms with van der Waals surface area (Å²) in [7, 11) is -3.87. The van der Waals surface area contributed by atoms with Gasteiger partial charge in [0.25, 0.3) is 10.1 Å². The van der Waals surface area contributed by atoms with Gasteiger partial charge in [-0.3, -0.25) is 9.35 Å². The van der Waals surface area contributed by atoms with Crippen molar-refractivity contribution in [1.82, 2.24) is 0 Å². The van der Waals surface area contributed by atoms with E-state index in [4.69, 9.17) is 9.29 Å². The molecule has 0 aromatic heterocycles. The van der Waals surface area contributed by atoms with Crippen molar-refractivity contribution in [2.75, 3.05) is 23.9 Å². The van der Waals surface area contributed by atoms with Crippen molar-refractivity contribution in [3.05, 3.63) is 0 Å². The van der Waals surface area contributed by atoms with E-state index in [-0.39, 0.29) is 17.6 Å². The highest BCUT2D eigenvalue weighted by atomic mass is 32.2. The van der Waals surface area contributed by atoms with Gasteiger partial charge < -0.3 is 4.74 Å². The average molecular weight is 240 g/mol. The predicted molar refractivity (Wildman–Crippen MR) is 52.8 cm³/mol. The molecule has 1 atom stereocenters. The van der Waals surface area contributed by atoms with Crippen LogP contribution in [0.4, 0.5) is 0 Å². The summed E-state index contributed by atoms with van der Waals surface area (Å²) in [6.07, 6.45) is 0.706. The first-order valence-electron chi connectivity index (χ1n) is 4.18. The largest absolute Gasteiger partial charge is 0.465 e. The third kappa shape index (κ3) is 4.30. The molecule has 1 heterocycles. The van der Waals surface area contributed by atoms with Crippen molar-refractivity contribution in [3.8, 4) is 0 Å². The number of rotatable bonds is 5. The molecule has 0 saturated carbocycles. The normalized spacial score (nSPS) is 22.4. The Labute approximate surface area is 86.9 Å². The molecule has 5 nitrogen and oxygen atoms in total. The van der Waals surface area contributed by atoms with Crippen LogP contribution in [0.5, 0.6) is 0 Å². The Morgan fingerprint density at radius 3 is 2.79 bits per heavy atom. The van der Waals surface area contributed by atoms with Gasteiger partial charge in [0.2, 0.25) is 0 Å². The van der Waals surface area contributed by atoms with E-state index in [9.17, 15) is 13.2 Å². The Morgan fingerprint density at radius 2 is 2.29 bits per heavy atom. The lowest BCUT2D eigenvalue weighted by Crippen LogP contribution is -2.12. The van der Waals surface area contributed by atoms with Gasteiger partial charge in [-0.2, -0.15) is 20.2 Å². The van der Waals surface area contributed by atoms with Gasteiger partial charge in [-0.15, -0.1) is 0 Å². The third-order valence-electron chi connectivity index (χ3n) is 1.85. The maximum absolute atomic E-state index is 11.0. The summed E-state index contributed by atoms with van der Waals surface area (Å²) in [6.45, 7) is 0.461. The van der Waals surface area contributed by atoms with Gasteiger partial charge in [-0.1, -0.05) is 0 Å². The lowest BCUT2D eigenvalue weighted by molar-refractivity contribution is -0.140. The summed E-state index contributed by atoms with van der Waals surface area (Å²) in [5, 5.41) is 0. The van der Waals surface area contributed by atoms with Crippen molar-refractivity contribution >= 4 is 27.8 Å². The van der Waals surface area contributed by atoms with E-state index in [0.29, 0.717) is 24.5 Å². The standard InChI is InChI=1S/C7H12O5S2/c8-7-6(1-2-12-7)5-13-3-4-14(9,10)11/h6H,1-5H2,(H,9,10,11). The van der Waals surface area contributed by atoms with E-state index in [1.807, 2.05) is 0 Å². The number of ether oxygens (including phenoxy) is 1. The number of hydrogen-bond acceptors (Lipinski definition) is 5. The number of esters is 1. The predicted octanol–water partition coefficient (Wildman–Crippen LogP) is 0.171. The fourth-order valence-electron chi connectivity index (χ4n) is 1.08. The van der Waals surface area contributed by atoms with Gasteiger partial charge in [0.1, 0.15) is 0 Å². The molecule has 0 bridgehead atoms. The molecule has 7 heteroatoms. The summed E-state index contributed by atoms with van der Waals surface area (Å²) in [5.74, 6) is 0.293. The quantitative estimate of drug-likeness (QED) is 0.419. The van der Waals surface area contributed by atoms with Gasteiger partial charge in [-0.05, 0) is 6.42 Å². The molecule has 0 amide bonds. The van der Waals surface area contributed by atoms with E-state index >= 15 is 0 Å². The van der Waals surface area contributed by atoms with E-state index in [1.54, 1.807) is 0 Å². The second kappa shape index (κ2) is 4.99. The van der Waals surface area contributed by atoms with Crippen molar-refractivity contribution in [2.24, 2.45) is 5.92 Å².